The highest BCUT2D eigenvalue weighted by molar-refractivity contribution is 5.86. The second kappa shape index (κ2) is 5.87. The summed E-state index contributed by atoms with van der Waals surface area (Å²) in [5.41, 5.74) is 0.746. The Balaban J connectivity index is 2.00. The van der Waals surface area contributed by atoms with Crippen molar-refractivity contribution in [2.45, 2.75) is 52.5 Å². The standard InChI is InChI=1S/C15H25N3O/c1-4-12(2)18-10-5-13(17-18)11-14(19)15(3)6-8-16-9-7-15/h5,10,12,16H,4,6-9,11H2,1-3H3. The molecule has 2 heterocycles. The number of ketones is 1. The van der Waals surface area contributed by atoms with Crippen molar-refractivity contribution < 1.29 is 4.79 Å². The van der Waals surface area contributed by atoms with Crippen molar-refractivity contribution in [3.8, 4) is 0 Å². The molecule has 1 aromatic rings. The largest absolute Gasteiger partial charge is 0.317 e. The van der Waals surface area contributed by atoms with Crippen molar-refractivity contribution in [1.29, 1.82) is 0 Å². The monoisotopic (exact) mass is 263 g/mol. The maximum absolute atomic E-state index is 12.5. The first-order valence-electron chi connectivity index (χ1n) is 7.33. The van der Waals surface area contributed by atoms with Crippen LogP contribution >= 0.6 is 0 Å². The Hall–Kier alpha value is -1.16. The van der Waals surface area contributed by atoms with Crippen molar-refractivity contribution in [1.82, 2.24) is 15.1 Å². The molecule has 0 aliphatic carbocycles. The fourth-order valence-electron chi connectivity index (χ4n) is 2.54. The van der Waals surface area contributed by atoms with E-state index < -0.39 is 0 Å². The molecular weight excluding hydrogens is 238 g/mol. The van der Waals surface area contributed by atoms with Crippen LogP contribution < -0.4 is 5.32 Å². The number of carbonyl (C=O) groups is 1. The van der Waals surface area contributed by atoms with E-state index >= 15 is 0 Å². The Labute approximate surface area is 115 Å². The summed E-state index contributed by atoms with van der Waals surface area (Å²) >= 11 is 0. The van der Waals surface area contributed by atoms with Crippen molar-refractivity contribution in [3.05, 3.63) is 18.0 Å². The molecule has 1 unspecified atom stereocenters. The first-order valence-corrected chi connectivity index (χ1v) is 7.33. The van der Waals surface area contributed by atoms with Crippen LogP contribution in [0.1, 0.15) is 51.8 Å². The van der Waals surface area contributed by atoms with Gasteiger partial charge in [-0.1, -0.05) is 13.8 Å². The van der Waals surface area contributed by atoms with Crippen LogP contribution in [0.15, 0.2) is 12.3 Å². The summed E-state index contributed by atoms with van der Waals surface area (Å²) in [6.07, 6.45) is 5.40. The predicted octanol–water partition coefficient (Wildman–Crippen LogP) is 2.36. The quantitative estimate of drug-likeness (QED) is 0.887. The van der Waals surface area contributed by atoms with E-state index in [1.165, 1.54) is 0 Å². The van der Waals surface area contributed by atoms with Gasteiger partial charge in [-0.15, -0.1) is 0 Å². The lowest BCUT2D eigenvalue weighted by atomic mass is 9.76. The number of rotatable bonds is 5. The molecule has 1 aliphatic heterocycles. The lowest BCUT2D eigenvalue weighted by Gasteiger charge is -2.32. The van der Waals surface area contributed by atoms with Crippen LogP contribution in [-0.2, 0) is 11.2 Å². The minimum Gasteiger partial charge on any atom is -0.317 e. The molecule has 1 atom stereocenters. The lowest BCUT2D eigenvalue weighted by molar-refractivity contribution is -0.128. The summed E-state index contributed by atoms with van der Waals surface area (Å²) in [4.78, 5) is 12.5. The van der Waals surface area contributed by atoms with Gasteiger partial charge in [0.25, 0.3) is 0 Å². The summed E-state index contributed by atoms with van der Waals surface area (Å²) < 4.78 is 1.97. The van der Waals surface area contributed by atoms with E-state index in [9.17, 15) is 4.79 Å². The first-order chi connectivity index (χ1) is 9.05. The van der Waals surface area contributed by atoms with Gasteiger partial charge in [-0.25, -0.2) is 0 Å². The molecule has 19 heavy (non-hydrogen) atoms. The molecule has 0 spiro atoms. The van der Waals surface area contributed by atoms with Crippen LogP contribution in [-0.4, -0.2) is 28.7 Å². The van der Waals surface area contributed by atoms with Gasteiger partial charge in [-0.05, 0) is 45.3 Å². The summed E-state index contributed by atoms with van der Waals surface area (Å²) in [6.45, 7) is 8.29. The number of nitrogens with one attached hydrogen (secondary N) is 1. The van der Waals surface area contributed by atoms with Gasteiger partial charge < -0.3 is 5.32 Å². The smallest absolute Gasteiger partial charge is 0.144 e. The number of hydrogen-bond donors (Lipinski definition) is 1. The summed E-state index contributed by atoms with van der Waals surface area (Å²) in [7, 11) is 0. The van der Waals surface area contributed by atoms with Crippen molar-refractivity contribution in [3.63, 3.8) is 0 Å². The molecule has 1 aliphatic rings. The number of hydrogen-bond acceptors (Lipinski definition) is 3. The molecule has 1 aromatic heterocycles. The lowest BCUT2D eigenvalue weighted by Crippen LogP contribution is -2.40. The normalized spacial score (nSPS) is 20.2. The zero-order chi connectivity index (χ0) is 13.9. The average molecular weight is 263 g/mol. The maximum Gasteiger partial charge on any atom is 0.144 e. The van der Waals surface area contributed by atoms with Gasteiger partial charge in [0.2, 0.25) is 0 Å². The Bertz CT molecular complexity index is 432. The van der Waals surface area contributed by atoms with E-state index in [0.29, 0.717) is 18.2 Å². The van der Waals surface area contributed by atoms with Crippen LogP contribution in [0.25, 0.3) is 0 Å². The molecule has 0 amide bonds. The molecule has 0 aromatic carbocycles. The van der Waals surface area contributed by atoms with Gasteiger partial charge in [0.05, 0.1) is 12.1 Å². The van der Waals surface area contributed by atoms with Gasteiger partial charge in [0, 0.05) is 17.7 Å². The second-order valence-corrected chi connectivity index (χ2v) is 5.95. The summed E-state index contributed by atoms with van der Waals surface area (Å²) in [5, 5.41) is 7.84. The van der Waals surface area contributed by atoms with Crippen LogP contribution in [0.3, 0.4) is 0 Å². The van der Waals surface area contributed by atoms with E-state index in [1.54, 1.807) is 0 Å². The highest BCUT2D eigenvalue weighted by Gasteiger charge is 2.34. The number of Topliss-reactive ketones (excluding diaryl/α,β-unsaturated/α-hetero) is 1. The number of carbonyl (C=O) groups excluding carboxylic acids is 1. The molecule has 0 bridgehead atoms. The van der Waals surface area contributed by atoms with Crippen molar-refractivity contribution in [2.24, 2.45) is 5.41 Å². The Morgan fingerprint density at radius 2 is 2.21 bits per heavy atom. The average Bonchev–Trinajstić information content (AvgIpc) is 2.87. The summed E-state index contributed by atoms with van der Waals surface area (Å²) in [6, 6.07) is 2.38. The Kier molecular flexibility index (Phi) is 4.40. The van der Waals surface area contributed by atoms with Crippen molar-refractivity contribution in [2.75, 3.05) is 13.1 Å². The van der Waals surface area contributed by atoms with Crippen LogP contribution in [0.2, 0.25) is 0 Å². The van der Waals surface area contributed by atoms with Crippen LogP contribution in [0.4, 0.5) is 0 Å². The molecule has 1 N–H and O–H groups in total. The van der Waals surface area contributed by atoms with E-state index in [-0.39, 0.29) is 5.41 Å². The van der Waals surface area contributed by atoms with Crippen LogP contribution in [0.5, 0.6) is 0 Å². The Morgan fingerprint density at radius 1 is 1.53 bits per heavy atom. The minimum absolute atomic E-state index is 0.161. The van der Waals surface area contributed by atoms with Crippen LogP contribution in [0, 0.1) is 5.41 Å². The van der Waals surface area contributed by atoms with E-state index in [0.717, 1.165) is 38.0 Å². The van der Waals surface area contributed by atoms with Gasteiger partial charge in [-0.3, -0.25) is 9.48 Å². The molecule has 2 rings (SSSR count). The maximum atomic E-state index is 12.5. The summed E-state index contributed by atoms with van der Waals surface area (Å²) in [5.74, 6) is 0.336. The van der Waals surface area contributed by atoms with Gasteiger partial charge in [0.1, 0.15) is 5.78 Å². The molecule has 1 fully saturated rings. The third-order valence-electron chi connectivity index (χ3n) is 4.43. The number of aromatic nitrogens is 2. The SMILES string of the molecule is CCC(C)n1ccc(CC(=O)C2(C)CCNCC2)n1. The van der Waals surface area contributed by atoms with E-state index in [4.69, 9.17) is 0 Å². The van der Waals surface area contributed by atoms with Gasteiger partial charge in [-0.2, -0.15) is 5.10 Å². The first kappa shape index (κ1) is 14.3. The molecular formula is C15H25N3O. The fraction of sp³-hybridized carbons (Fsp3) is 0.733. The highest BCUT2D eigenvalue weighted by atomic mass is 16.1. The molecule has 106 valence electrons. The van der Waals surface area contributed by atoms with Crippen molar-refractivity contribution >= 4 is 5.78 Å². The predicted molar refractivity (Wildman–Crippen MR) is 76.2 cm³/mol. The zero-order valence-corrected chi connectivity index (χ0v) is 12.3. The third kappa shape index (κ3) is 3.24. The molecule has 4 heteroatoms. The second-order valence-electron chi connectivity index (χ2n) is 5.95. The highest BCUT2D eigenvalue weighted by Crippen LogP contribution is 2.30. The molecule has 4 nitrogen and oxygen atoms in total. The number of piperidine rings is 1. The van der Waals surface area contributed by atoms with Gasteiger partial charge in [0.15, 0.2) is 0 Å². The van der Waals surface area contributed by atoms with E-state index in [2.05, 4.69) is 31.2 Å². The molecule has 0 saturated carbocycles. The van der Waals surface area contributed by atoms with Gasteiger partial charge >= 0.3 is 0 Å². The molecule has 1 saturated heterocycles. The minimum atomic E-state index is -0.161. The molecule has 0 radical (unpaired) electrons. The fourth-order valence-corrected chi connectivity index (χ4v) is 2.54. The van der Waals surface area contributed by atoms with E-state index in [1.807, 2.05) is 16.9 Å². The number of nitrogens with zero attached hydrogens (tertiary/aromatic N) is 2. The third-order valence-corrected chi connectivity index (χ3v) is 4.43. The zero-order valence-electron chi connectivity index (χ0n) is 12.3. The topological polar surface area (TPSA) is 46.9 Å². The Morgan fingerprint density at radius 3 is 2.84 bits per heavy atom.